The quantitative estimate of drug-likeness (QED) is 0.538. The number of aromatic amines is 1. The lowest BCUT2D eigenvalue weighted by Gasteiger charge is -2.09. The number of nitrogens with one attached hydrogen (secondary N) is 2. The number of halogens is 1. The van der Waals surface area contributed by atoms with Gasteiger partial charge >= 0.3 is 0 Å². The summed E-state index contributed by atoms with van der Waals surface area (Å²) in [6.45, 7) is 1.70. The number of sulfonamides is 1. The maximum absolute atomic E-state index is 13.4. The van der Waals surface area contributed by atoms with Crippen LogP contribution < -0.4 is 10.5 Å². The van der Waals surface area contributed by atoms with Crippen LogP contribution in [0.4, 0.5) is 10.1 Å². The van der Waals surface area contributed by atoms with E-state index < -0.39 is 15.8 Å². The maximum Gasteiger partial charge on any atom is 0.240 e. The lowest BCUT2D eigenvalue weighted by atomic mass is 10.2. The molecule has 2 aromatic rings. The average molecular weight is 313 g/mol. The third-order valence-corrected chi connectivity index (χ3v) is 4.35. The lowest BCUT2D eigenvalue weighted by Crippen LogP contribution is -2.25. The average Bonchev–Trinajstić information content (AvgIpc) is 2.93. The normalized spacial score (nSPS) is 11.7. The SMILES string of the molecule is Cc1cc(S(=O)(=O)NCCCc2ncn[nH]2)cc(N)c1F. The highest BCUT2D eigenvalue weighted by Gasteiger charge is 2.16. The molecule has 0 amide bonds. The first-order valence-corrected chi connectivity index (χ1v) is 7.78. The Morgan fingerprint density at radius 2 is 2.19 bits per heavy atom. The fourth-order valence-corrected chi connectivity index (χ4v) is 3.01. The topological polar surface area (TPSA) is 114 Å². The van der Waals surface area contributed by atoms with Gasteiger partial charge in [0.2, 0.25) is 10.0 Å². The molecule has 2 rings (SSSR count). The molecule has 0 bridgehead atoms. The van der Waals surface area contributed by atoms with Crippen molar-refractivity contribution in [3.63, 3.8) is 0 Å². The first-order valence-electron chi connectivity index (χ1n) is 6.29. The number of nitrogen functional groups attached to an aromatic ring is 1. The van der Waals surface area contributed by atoms with Gasteiger partial charge in [0, 0.05) is 13.0 Å². The van der Waals surface area contributed by atoms with E-state index in [-0.39, 0.29) is 22.7 Å². The number of nitrogens with two attached hydrogens (primary N) is 1. The molecule has 7 nitrogen and oxygen atoms in total. The molecule has 0 unspecified atom stereocenters. The molecule has 0 aliphatic heterocycles. The largest absolute Gasteiger partial charge is 0.396 e. The number of nitrogens with zero attached hydrogens (tertiary/aromatic N) is 2. The van der Waals surface area contributed by atoms with Crippen molar-refractivity contribution in [2.75, 3.05) is 12.3 Å². The molecule has 1 aromatic heterocycles. The van der Waals surface area contributed by atoms with Crippen LogP contribution in [0.3, 0.4) is 0 Å². The van der Waals surface area contributed by atoms with E-state index in [9.17, 15) is 12.8 Å². The molecule has 0 atom stereocenters. The van der Waals surface area contributed by atoms with Crippen LogP contribution in [0.2, 0.25) is 0 Å². The number of aromatic nitrogens is 3. The van der Waals surface area contributed by atoms with Crippen LogP contribution in [0, 0.1) is 12.7 Å². The molecular formula is C12H16FN5O2S. The smallest absolute Gasteiger partial charge is 0.240 e. The highest BCUT2D eigenvalue weighted by molar-refractivity contribution is 7.89. The fourth-order valence-electron chi connectivity index (χ4n) is 1.81. The molecule has 1 heterocycles. The second-order valence-corrected chi connectivity index (χ2v) is 6.34. The van der Waals surface area contributed by atoms with Crippen molar-refractivity contribution in [2.45, 2.75) is 24.7 Å². The molecule has 4 N–H and O–H groups in total. The maximum atomic E-state index is 13.4. The van der Waals surface area contributed by atoms with E-state index >= 15 is 0 Å². The summed E-state index contributed by atoms with van der Waals surface area (Å²) in [6.07, 6.45) is 2.53. The second kappa shape index (κ2) is 6.19. The van der Waals surface area contributed by atoms with Crippen molar-refractivity contribution in [3.8, 4) is 0 Å². The summed E-state index contributed by atoms with van der Waals surface area (Å²) in [4.78, 5) is 3.90. The van der Waals surface area contributed by atoms with E-state index in [2.05, 4.69) is 19.9 Å². The number of anilines is 1. The standard InChI is InChI=1S/C12H16FN5O2S/c1-8-5-9(6-10(14)12(8)13)21(19,20)17-4-2-3-11-15-7-16-18-11/h5-7,17H,2-4,14H2,1H3,(H,15,16,18). The summed E-state index contributed by atoms with van der Waals surface area (Å²) >= 11 is 0. The minimum absolute atomic E-state index is 0.0430. The Balaban J connectivity index is 1.98. The number of H-pyrrole nitrogens is 1. The van der Waals surface area contributed by atoms with Crippen molar-refractivity contribution in [1.29, 1.82) is 0 Å². The number of benzene rings is 1. The van der Waals surface area contributed by atoms with Crippen molar-refractivity contribution in [1.82, 2.24) is 19.9 Å². The van der Waals surface area contributed by atoms with E-state index in [1.54, 1.807) is 0 Å². The molecule has 114 valence electrons. The first kappa shape index (κ1) is 15.4. The Labute approximate surface area is 121 Å². The number of hydrogen-bond donors (Lipinski definition) is 3. The molecule has 9 heteroatoms. The molecule has 21 heavy (non-hydrogen) atoms. The highest BCUT2D eigenvalue weighted by atomic mass is 32.2. The molecule has 1 aromatic carbocycles. The third kappa shape index (κ3) is 3.76. The van der Waals surface area contributed by atoms with Gasteiger partial charge in [0.15, 0.2) is 0 Å². The van der Waals surface area contributed by atoms with Gasteiger partial charge in [0.25, 0.3) is 0 Å². The minimum Gasteiger partial charge on any atom is -0.396 e. The Morgan fingerprint density at radius 3 is 2.81 bits per heavy atom. The summed E-state index contributed by atoms with van der Waals surface area (Å²) in [5.74, 6) is 0.0929. The van der Waals surface area contributed by atoms with Gasteiger partial charge in [-0.1, -0.05) is 0 Å². The van der Waals surface area contributed by atoms with E-state index in [0.29, 0.717) is 18.7 Å². The van der Waals surface area contributed by atoms with Gasteiger partial charge in [0.05, 0.1) is 10.6 Å². The third-order valence-electron chi connectivity index (χ3n) is 2.91. The molecule has 0 saturated carbocycles. The van der Waals surface area contributed by atoms with Crippen LogP contribution in [-0.4, -0.2) is 30.1 Å². The molecule has 0 spiro atoms. The summed E-state index contributed by atoms with van der Waals surface area (Å²) < 4.78 is 40.0. The van der Waals surface area contributed by atoms with Crippen LogP contribution in [-0.2, 0) is 16.4 Å². The molecule has 0 radical (unpaired) electrons. The predicted molar refractivity (Wildman–Crippen MR) is 75.4 cm³/mol. The number of rotatable bonds is 6. The number of aryl methyl sites for hydroxylation is 2. The Morgan fingerprint density at radius 1 is 1.43 bits per heavy atom. The van der Waals surface area contributed by atoms with Gasteiger partial charge in [0.1, 0.15) is 18.0 Å². The van der Waals surface area contributed by atoms with Crippen molar-refractivity contribution < 1.29 is 12.8 Å². The van der Waals surface area contributed by atoms with E-state index in [0.717, 1.165) is 6.07 Å². The minimum atomic E-state index is -3.71. The van der Waals surface area contributed by atoms with Crippen LogP contribution >= 0.6 is 0 Å². The fraction of sp³-hybridized carbons (Fsp3) is 0.333. The molecule has 0 fully saturated rings. The van der Waals surface area contributed by atoms with Gasteiger partial charge in [-0.2, -0.15) is 5.10 Å². The lowest BCUT2D eigenvalue weighted by molar-refractivity contribution is 0.577. The molecule has 0 aliphatic carbocycles. The van der Waals surface area contributed by atoms with Crippen molar-refractivity contribution >= 4 is 15.7 Å². The summed E-state index contributed by atoms with van der Waals surface area (Å²) in [6, 6.07) is 2.37. The van der Waals surface area contributed by atoms with E-state index in [4.69, 9.17) is 5.73 Å². The van der Waals surface area contributed by atoms with Gasteiger partial charge in [-0.15, -0.1) is 0 Å². The first-order chi connectivity index (χ1) is 9.90. The zero-order valence-electron chi connectivity index (χ0n) is 11.4. The van der Waals surface area contributed by atoms with Gasteiger partial charge < -0.3 is 5.73 Å². The molecule has 0 aliphatic rings. The summed E-state index contributed by atoms with van der Waals surface area (Å²) in [5.41, 5.74) is 5.46. The second-order valence-electron chi connectivity index (χ2n) is 4.58. The zero-order chi connectivity index (χ0) is 15.5. The number of hydrogen-bond acceptors (Lipinski definition) is 5. The summed E-state index contributed by atoms with van der Waals surface area (Å²) in [7, 11) is -3.71. The van der Waals surface area contributed by atoms with E-state index in [1.807, 2.05) is 0 Å². The van der Waals surface area contributed by atoms with Crippen LogP contribution in [0.15, 0.2) is 23.4 Å². The van der Waals surface area contributed by atoms with Crippen molar-refractivity contribution in [3.05, 3.63) is 35.7 Å². The van der Waals surface area contributed by atoms with Crippen LogP contribution in [0.1, 0.15) is 17.8 Å². The highest BCUT2D eigenvalue weighted by Crippen LogP contribution is 2.20. The van der Waals surface area contributed by atoms with Crippen molar-refractivity contribution in [2.24, 2.45) is 0 Å². The van der Waals surface area contributed by atoms with Gasteiger partial charge in [-0.3, -0.25) is 5.10 Å². The Hall–Kier alpha value is -2.00. The predicted octanol–water partition coefficient (Wildman–Crippen LogP) is 0.746. The molecular weight excluding hydrogens is 297 g/mol. The Bertz CT molecular complexity index is 692. The van der Waals surface area contributed by atoms with Crippen LogP contribution in [0.5, 0.6) is 0 Å². The monoisotopic (exact) mass is 313 g/mol. The Kier molecular flexibility index (Phi) is 4.53. The zero-order valence-corrected chi connectivity index (χ0v) is 12.2. The van der Waals surface area contributed by atoms with Gasteiger partial charge in [-0.05, 0) is 31.0 Å². The molecule has 0 saturated heterocycles. The summed E-state index contributed by atoms with van der Waals surface area (Å²) in [5, 5.41) is 6.39. The van der Waals surface area contributed by atoms with Crippen LogP contribution in [0.25, 0.3) is 0 Å². The van der Waals surface area contributed by atoms with Gasteiger partial charge in [-0.25, -0.2) is 22.5 Å². The van der Waals surface area contributed by atoms with E-state index in [1.165, 1.54) is 19.3 Å².